The normalized spacial score (nSPS) is 24.2. The van der Waals surface area contributed by atoms with Crippen LogP contribution in [0.4, 0.5) is 18.9 Å². The summed E-state index contributed by atoms with van der Waals surface area (Å²) in [4.78, 5) is 0. The quantitative estimate of drug-likeness (QED) is 0.790. The minimum atomic E-state index is -4.15. The lowest BCUT2D eigenvalue weighted by Gasteiger charge is -2.34. The second-order valence-corrected chi connectivity index (χ2v) is 5.18. The van der Waals surface area contributed by atoms with Crippen LogP contribution in [0.15, 0.2) is 18.2 Å². The van der Waals surface area contributed by atoms with Gasteiger partial charge in [0.2, 0.25) is 0 Å². The molecule has 2 nitrogen and oxygen atoms in total. The zero-order valence-corrected chi connectivity index (χ0v) is 10.8. The molecule has 1 aliphatic rings. The lowest BCUT2D eigenvalue weighted by molar-refractivity contribution is -0.184. The maximum atomic E-state index is 13.0. The topological polar surface area (TPSA) is 32.3 Å². The molecule has 0 bridgehead atoms. The number of phenols is 1. The Labute approximate surface area is 110 Å². The van der Waals surface area contributed by atoms with Crippen LogP contribution in [0, 0.1) is 12.8 Å². The number of aromatic hydroxyl groups is 1. The molecule has 0 radical (unpaired) electrons. The van der Waals surface area contributed by atoms with Gasteiger partial charge in [-0.15, -0.1) is 0 Å². The Morgan fingerprint density at radius 2 is 1.89 bits per heavy atom. The lowest BCUT2D eigenvalue weighted by atomic mass is 9.84. The molecule has 19 heavy (non-hydrogen) atoms. The van der Waals surface area contributed by atoms with Gasteiger partial charge in [0.15, 0.2) is 0 Å². The summed E-state index contributed by atoms with van der Waals surface area (Å²) in [5, 5.41) is 12.4. The first-order valence-corrected chi connectivity index (χ1v) is 6.51. The van der Waals surface area contributed by atoms with Gasteiger partial charge in [0.1, 0.15) is 5.75 Å². The van der Waals surface area contributed by atoms with Crippen molar-refractivity contribution in [3.63, 3.8) is 0 Å². The van der Waals surface area contributed by atoms with Crippen LogP contribution in [0.25, 0.3) is 0 Å². The van der Waals surface area contributed by atoms with E-state index in [4.69, 9.17) is 0 Å². The molecule has 1 aromatic rings. The van der Waals surface area contributed by atoms with Crippen LogP contribution >= 0.6 is 0 Å². The van der Waals surface area contributed by atoms with Crippen LogP contribution in [0.2, 0.25) is 0 Å². The standard InChI is InChI=1S/C14H18F3NO/c1-9-8-10(6-7-13(9)19)18-12-5-3-2-4-11(12)14(15,16)17/h6-8,11-12,18-19H,2-5H2,1H3. The van der Waals surface area contributed by atoms with E-state index in [-0.39, 0.29) is 12.2 Å². The first-order chi connectivity index (χ1) is 8.88. The Balaban J connectivity index is 2.13. The number of hydrogen-bond acceptors (Lipinski definition) is 2. The second-order valence-electron chi connectivity index (χ2n) is 5.18. The van der Waals surface area contributed by atoms with Gasteiger partial charge >= 0.3 is 6.18 Å². The molecule has 5 heteroatoms. The van der Waals surface area contributed by atoms with E-state index in [2.05, 4.69) is 5.32 Å². The molecule has 1 aliphatic carbocycles. The fraction of sp³-hybridized carbons (Fsp3) is 0.571. The summed E-state index contributed by atoms with van der Waals surface area (Å²) in [7, 11) is 0. The molecule has 1 aromatic carbocycles. The zero-order valence-electron chi connectivity index (χ0n) is 10.8. The average molecular weight is 273 g/mol. The second kappa shape index (κ2) is 5.31. The van der Waals surface area contributed by atoms with E-state index in [1.165, 1.54) is 6.07 Å². The Morgan fingerprint density at radius 3 is 2.53 bits per heavy atom. The lowest BCUT2D eigenvalue weighted by Crippen LogP contribution is -2.41. The van der Waals surface area contributed by atoms with Gasteiger partial charge < -0.3 is 10.4 Å². The molecular formula is C14H18F3NO. The molecule has 1 fully saturated rings. The van der Waals surface area contributed by atoms with Crippen molar-refractivity contribution in [2.24, 2.45) is 5.92 Å². The highest BCUT2D eigenvalue weighted by Crippen LogP contribution is 2.39. The van der Waals surface area contributed by atoms with Gasteiger partial charge in [0, 0.05) is 11.7 Å². The van der Waals surface area contributed by atoms with Crippen LogP contribution in [0.1, 0.15) is 31.2 Å². The summed E-state index contributed by atoms with van der Waals surface area (Å²) < 4.78 is 38.9. The number of anilines is 1. The van der Waals surface area contributed by atoms with Crippen LogP contribution in [0.3, 0.4) is 0 Å². The van der Waals surface area contributed by atoms with Crippen molar-refractivity contribution in [2.45, 2.75) is 44.8 Å². The molecule has 0 spiro atoms. The van der Waals surface area contributed by atoms with Crippen molar-refractivity contribution in [1.29, 1.82) is 0 Å². The van der Waals surface area contributed by atoms with Crippen LogP contribution in [-0.2, 0) is 0 Å². The van der Waals surface area contributed by atoms with Crippen LogP contribution in [0.5, 0.6) is 5.75 Å². The van der Waals surface area contributed by atoms with Crippen molar-refractivity contribution in [3.05, 3.63) is 23.8 Å². The SMILES string of the molecule is Cc1cc(NC2CCCCC2C(F)(F)F)ccc1O. The molecule has 2 rings (SSSR count). The summed E-state index contributed by atoms with van der Waals surface area (Å²) in [6.45, 7) is 1.72. The van der Waals surface area contributed by atoms with Crippen molar-refractivity contribution in [2.75, 3.05) is 5.32 Å². The van der Waals surface area contributed by atoms with Crippen molar-refractivity contribution in [3.8, 4) is 5.75 Å². The molecule has 2 unspecified atom stereocenters. The predicted molar refractivity (Wildman–Crippen MR) is 68.3 cm³/mol. The first-order valence-electron chi connectivity index (χ1n) is 6.51. The van der Waals surface area contributed by atoms with E-state index in [0.717, 1.165) is 6.42 Å². The monoisotopic (exact) mass is 273 g/mol. The molecule has 0 heterocycles. The van der Waals surface area contributed by atoms with Crippen LogP contribution < -0.4 is 5.32 Å². The number of benzene rings is 1. The van der Waals surface area contributed by atoms with Crippen LogP contribution in [-0.4, -0.2) is 17.3 Å². The number of rotatable bonds is 2. The minimum absolute atomic E-state index is 0.154. The van der Waals surface area contributed by atoms with Gasteiger partial charge in [0.25, 0.3) is 0 Å². The summed E-state index contributed by atoms with van der Waals surface area (Å²) in [6, 6.07) is 4.22. The number of phenolic OH excluding ortho intramolecular Hbond substituents is 1. The minimum Gasteiger partial charge on any atom is -0.508 e. The smallest absolute Gasteiger partial charge is 0.393 e. The largest absolute Gasteiger partial charge is 0.508 e. The van der Waals surface area contributed by atoms with E-state index in [0.29, 0.717) is 24.1 Å². The zero-order chi connectivity index (χ0) is 14.0. The molecule has 106 valence electrons. The average Bonchev–Trinajstić information content (AvgIpc) is 2.33. The molecule has 1 saturated carbocycles. The molecule has 0 aromatic heterocycles. The number of aryl methyl sites for hydroxylation is 1. The highest BCUT2D eigenvalue weighted by molar-refractivity contribution is 5.51. The molecule has 0 aliphatic heterocycles. The van der Waals surface area contributed by atoms with Crippen molar-refractivity contribution in [1.82, 2.24) is 0 Å². The Hall–Kier alpha value is -1.39. The van der Waals surface area contributed by atoms with E-state index in [1.54, 1.807) is 19.1 Å². The molecule has 2 N–H and O–H groups in total. The molecular weight excluding hydrogens is 255 g/mol. The Bertz CT molecular complexity index is 445. The van der Waals surface area contributed by atoms with Gasteiger partial charge in [-0.25, -0.2) is 0 Å². The number of nitrogens with one attached hydrogen (secondary N) is 1. The fourth-order valence-corrected chi connectivity index (χ4v) is 2.65. The summed E-state index contributed by atoms with van der Waals surface area (Å²) in [5.41, 5.74) is 1.29. The maximum Gasteiger partial charge on any atom is 0.393 e. The summed E-state index contributed by atoms with van der Waals surface area (Å²) in [5.74, 6) is -1.13. The molecule has 2 atom stereocenters. The third-order valence-electron chi connectivity index (χ3n) is 3.74. The number of halogens is 3. The molecule has 0 amide bonds. The first kappa shape index (κ1) is 14.0. The van der Waals surface area contributed by atoms with E-state index >= 15 is 0 Å². The third-order valence-corrected chi connectivity index (χ3v) is 3.74. The van der Waals surface area contributed by atoms with E-state index in [9.17, 15) is 18.3 Å². The number of alkyl halides is 3. The van der Waals surface area contributed by atoms with Gasteiger partial charge in [-0.1, -0.05) is 12.8 Å². The van der Waals surface area contributed by atoms with Crippen molar-refractivity contribution < 1.29 is 18.3 Å². The fourth-order valence-electron chi connectivity index (χ4n) is 2.65. The van der Waals surface area contributed by atoms with Gasteiger partial charge in [0.05, 0.1) is 5.92 Å². The summed E-state index contributed by atoms with van der Waals surface area (Å²) >= 11 is 0. The highest BCUT2D eigenvalue weighted by atomic mass is 19.4. The maximum absolute atomic E-state index is 13.0. The van der Waals surface area contributed by atoms with Gasteiger partial charge in [-0.3, -0.25) is 0 Å². The Morgan fingerprint density at radius 1 is 1.21 bits per heavy atom. The summed E-state index contributed by atoms with van der Waals surface area (Å²) in [6.07, 6.45) is -1.97. The van der Waals surface area contributed by atoms with Gasteiger partial charge in [-0.05, 0) is 43.5 Å². The predicted octanol–water partition coefficient (Wildman–Crippen LogP) is 4.23. The molecule has 0 saturated heterocycles. The van der Waals surface area contributed by atoms with Crippen molar-refractivity contribution >= 4 is 5.69 Å². The van der Waals surface area contributed by atoms with Gasteiger partial charge in [-0.2, -0.15) is 13.2 Å². The number of hydrogen-bond donors (Lipinski definition) is 2. The third kappa shape index (κ3) is 3.33. The van der Waals surface area contributed by atoms with E-state index in [1.807, 2.05) is 0 Å². The van der Waals surface area contributed by atoms with E-state index < -0.39 is 18.1 Å². The Kier molecular flexibility index (Phi) is 3.92. The highest BCUT2D eigenvalue weighted by Gasteiger charge is 2.45.